The van der Waals surface area contributed by atoms with Gasteiger partial charge in [-0.2, -0.15) is 0 Å². The molecular formula is C26H30ClF2N5O3S. The van der Waals surface area contributed by atoms with Gasteiger partial charge >= 0.3 is 6.09 Å². The number of alkyl carbamates (subject to hydrolysis) is 1. The highest BCUT2D eigenvalue weighted by molar-refractivity contribution is 8.00. The van der Waals surface area contributed by atoms with Crippen molar-refractivity contribution in [2.45, 2.75) is 68.5 Å². The summed E-state index contributed by atoms with van der Waals surface area (Å²) in [5, 5.41) is 14.3. The number of nitrogens with zero attached hydrogens (tertiary/aromatic N) is 1. The summed E-state index contributed by atoms with van der Waals surface area (Å²) in [6, 6.07) is 2.60. The van der Waals surface area contributed by atoms with Crippen molar-refractivity contribution in [3.05, 3.63) is 51.5 Å². The van der Waals surface area contributed by atoms with Crippen molar-refractivity contribution in [3.8, 4) is 0 Å². The van der Waals surface area contributed by atoms with E-state index in [0.717, 1.165) is 37.4 Å². The largest absolute Gasteiger partial charge is 0.489 e. The Morgan fingerprint density at radius 3 is 2.79 bits per heavy atom. The Morgan fingerprint density at radius 1 is 1.29 bits per heavy atom. The fraction of sp³-hybridized carbons (Fsp3) is 0.462. The first kappa shape index (κ1) is 26.7. The first-order valence-electron chi connectivity index (χ1n) is 12.5. The number of carbonyl (C=O) groups is 1. The second kappa shape index (κ2) is 10.00. The van der Waals surface area contributed by atoms with Crippen molar-refractivity contribution < 1.29 is 23.0 Å². The molecule has 3 aliphatic heterocycles. The van der Waals surface area contributed by atoms with Crippen molar-refractivity contribution in [2.24, 2.45) is 5.73 Å². The topological polar surface area (TPSA) is 113 Å². The maximum Gasteiger partial charge on any atom is 0.409 e. The number of nitrogens with one attached hydrogen (secondary N) is 3. The van der Waals surface area contributed by atoms with E-state index in [1.165, 1.54) is 12.1 Å². The number of thioether (sulfide) groups is 1. The van der Waals surface area contributed by atoms with E-state index in [-0.39, 0.29) is 49.9 Å². The van der Waals surface area contributed by atoms with Gasteiger partial charge in [0.1, 0.15) is 29.6 Å². The molecule has 204 valence electrons. The number of ether oxygens (including phenoxy) is 2. The highest BCUT2D eigenvalue weighted by Gasteiger charge is 2.40. The third-order valence-electron chi connectivity index (χ3n) is 6.74. The summed E-state index contributed by atoms with van der Waals surface area (Å²) < 4.78 is 42.2. The predicted octanol–water partition coefficient (Wildman–Crippen LogP) is 5.76. The van der Waals surface area contributed by atoms with Crippen LogP contribution in [-0.4, -0.2) is 47.0 Å². The van der Waals surface area contributed by atoms with Crippen LogP contribution in [0.25, 0.3) is 5.57 Å². The number of fused-ring (bicyclic) bond motifs is 3. The first-order chi connectivity index (χ1) is 18.0. The van der Waals surface area contributed by atoms with Crippen molar-refractivity contribution >= 4 is 46.4 Å². The maximum absolute atomic E-state index is 16.0. The molecule has 38 heavy (non-hydrogen) atoms. The zero-order valence-corrected chi connectivity index (χ0v) is 22.9. The lowest BCUT2D eigenvalue weighted by molar-refractivity contribution is 0.0526. The number of hydrogen-bond donors (Lipinski definition) is 4. The second-order valence-corrected chi connectivity index (χ2v) is 12.1. The lowest BCUT2D eigenvalue weighted by Crippen LogP contribution is -2.40. The van der Waals surface area contributed by atoms with Gasteiger partial charge in [0.05, 0.1) is 27.2 Å². The van der Waals surface area contributed by atoms with Gasteiger partial charge in [-0.1, -0.05) is 36.2 Å². The van der Waals surface area contributed by atoms with Crippen molar-refractivity contribution in [2.75, 3.05) is 18.5 Å². The molecule has 5 N–H and O–H groups in total. The summed E-state index contributed by atoms with van der Waals surface area (Å²) in [5.41, 5.74) is 5.11. The Bertz CT molecular complexity index is 1310. The van der Waals surface area contributed by atoms with Crippen LogP contribution in [0.15, 0.2) is 45.0 Å². The average molecular weight is 566 g/mol. The van der Waals surface area contributed by atoms with Gasteiger partial charge in [0.2, 0.25) is 0 Å². The van der Waals surface area contributed by atoms with Gasteiger partial charge < -0.3 is 25.4 Å². The first-order valence-corrected chi connectivity index (χ1v) is 13.8. The number of rotatable bonds is 2. The van der Waals surface area contributed by atoms with Crippen LogP contribution in [-0.2, 0) is 9.47 Å². The molecule has 1 saturated heterocycles. The molecule has 2 atom stereocenters. The van der Waals surface area contributed by atoms with E-state index in [1.54, 1.807) is 20.8 Å². The van der Waals surface area contributed by atoms with E-state index in [2.05, 4.69) is 10.6 Å². The van der Waals surface area contributed by atoms with E-state index in [4.69, 9.17) is 32.2 Å². The minimum absolute atomic E-state index is 0.000278. The Balaban J connectivity index is 1.52. The molecule has 0 spiro atoms. The second-order valence-electron chi connectivity index (χ2n) is 10.6. The smallest absolute Gasteiger partial charge is 0.409 e. The number of amides is 1. The monoisotopic (exact) mass is 565 g/mol. The normalized spacial score (nSPS) is 23.6. The van der Waals surface area contributed by atoms with Crippen molar-refractivity contribution in [1.82, 2.24) is 10.2 Å². The third kappa shape index (κ3) is 4.82. The summed E-state index contributed by atoms with van der Waals surface area (Å²) in [6.07, 6.45) is 3.22. The molecule has 1 aromatic carbocycles. The summed E-state index contributed by atoms with van der Waals surface area (Å²) in [5.74, 6) is -1.01. The zero-order chi connectivity index (χ0) is 27.4. The van der Waals surface area contributed by atoms with Gasteiger partial charge in [0.15, 0.2) is 17.1 Å². The maximum atomic E-state index is 16.0. The highest BCUT2D eigenvalue weighted by atomic mass is 35.5. The predicted molar refractivity (Wildman–Crippen MR) is 144 cm³/mol. The molecule has 3 heterocycles. The van der Waals surface area contributed by atoms with Crippen molar-refractivity contribution in [3.63, 3.8) is 0 Å². The molecule has 1 aliphatic carbocycles. The zero-order valence-electron chi connectivity index (χ0n) is 21.3. The molecule has 1 aromatic rings. The van der Waals surface area contributed by atoms with E-state index < -0.39 is 34.5 Å². The molecule has 2 unspecified atom stereocenters. The van der Waals surface area contributed by atoms with Gasteiger partial charge in [0.25, 0.3) is 0 Å². The Hall–Kier alpha value is -2.92. The fourth-order valence-corrected chi connectivity index (χ4v) is 6.43. The van der Waals surface area contributed by atoms with Crippen LogP contribution < -0.4 is 16.4 Å². The number of allylic oxidation sites excluding steroid dienone is 4. The molecule has 8 nitrogen and oxygen atoms in total. The van der Waals surface area contributed by atoms with Gasteiger partial charge in [0, 0.05) is 17.7 Å². The third-order valence-corrected chi connectivity index (χ3v) is 8.20. The van der Waals surface area contributed by atoms with Crippen LogP contribution in [0.2, 0.25) is 0 Å². The lowest BCUT2D eigenvalue weighted by atomic mass is 9.91. The number of halogens is 3. The van der Waals surface area contributed by atoms with Crippen LogP contribution in [0.3, 0.4) is 0 Å². The number of nitrogens with two attached hydrogens (primary N) is 1. The molecule has 4 aliphatic rings. The van der Waals surface area contributed by atoms with Crippen LogP contribution in [0.4, 0.5) is 19.3 Å². The molecule has 1 amide bonds. The quantitative estimate of drug-likeness (QED) is 0.360. The summed E-state index contributed by atoms with van der Waals surface area (Å²) in [7, 11) is 0. The highest BCUT2D eigenvalue weighted by Crippen LogP contribution is 2.50. The molecule has 5 rings (SSSR count). The van der Waals surface area contributed by atoms with Crippen LogP contribution in [0.5, 0.6) is 0 Å². The molecule has 0 bridgehead atoms. The Morgan fingerprint density at radius 2 is 2.05 bits per heavy atom. The van der Waals surface area contributed by atoms with Crippen LogP contribution in [0, 0.1) is 11.2 Å². The van der Waals surface area contributed by atoms with E-state index in [1.807, 2.05) is 4.90 Å². The van der Waals surface area contributed by atoms with Crippen LogP contribution in [0.1, 0.15) is 52.0 Å². The lowest BCUT2D eigenvalue weighted by Gasteiger charge is -2.30. The minimum Gasteiger partial charge on any atom is -0.489 e. The standard InChI is InChI=1S/C26H30ClF2N5O3S/c1-26(2,3)37-25(35)33-24-32-20-13(8-9-14(28)22(20)38-24)15-17(27)21-16(19(30)18(15)29)23(31)34-10-6-4-5-7-12(34)11-36-21/h8-9,12,24,30,32H,4-7,10-11,31H2,1-3H3,(H,33,35). The summed E-state index contributed by atoms with van der Waals surface area (Å²) >= 11 is 7.80. The molecule has 0 aromatic heterocycles. The van der Waals surface area contributed by atoms with Gasteiger partial charge in [-0.15, -0.1) is 0 Å². The molecule has 1 fully saturated rings. The fourth-order valence-electron chi connectivity index (χ4n) is 5.06. The van der Waals surface area contributed by atoms with Gasteiger partial charge in [-0.25, -0.2) is 13.6 Å². The molecular weight excluding hydrogens is 536 g/mol. The van der Waals surface area contributed by atoms with Crippen LogP contribution >= 0.6 is 23.4 Å². The minimum atomic E-state index is -0.891. The molecule has 0 radical (unpaired) electrons. The molecule has 0 saturated carbocycles. The summed E-state index contributed by atoms with van der Waals surface area (Å²) in [4.78, 5) is 14.5. The van der Waals surface area contributed by atoms with Crippen molar-refractivity contribution in [1.29, 1.82) is 5.41 Å². The Kier molecular flexibility index (Phi) is 7.02. The van der Waals surface area contributed by atoms with Gasteiger partial charge in [-0.05, 0) is 45.7 Å². The number of benzene rings is 1. The van der Waals surface area contributed by atoms with E-state index in [9.17, 15) is 9.18 Å². The number of carbonyl (C=O) groups excluding carboxylic acids is 1. The number of anilines is 1. The summed E-state index contributed by atoms with van der Waals surface area (Å²) in [6.45, 7) is 6.19. The van der Waals surface area contributed by atoms with E-state index in [0.29, 0.717) is 13.2 Å². The number of hydrogen-bond acceptors (Lipinski definition) is 8. The van der Waals surface area contributed by atoms with E-state index >= 15 is 4.39 Å². The SMILES string of the molecule is CC(C)(C)OC(=O)NC1Nc2c(C3=C(F)C(=N)C4=C(N)N5CCCCCC5COC4=C3Cl)ccc(F)c2S1. The molecule has 12 heteroatoms. The Labute approximate surface area is 229 Å². The van der Waals surface area contributed by atoms with Gasteiger partial charge in [-0.3, -0.25) is 10.7 Å². The average Bonchev–Trinajstić information content (AvgIpc) is 3.03.